The molecule has 2 aromatic carbocycles. The highest BCUT2D eigenvalue weighted by Crippen LogP contribution is 2.37. The molecule has 0 saturated heterocycles. The molecule has 3 rings (SSSR count). The first-order valence-electron chi connectivity index (χ1n) is 6.93. The fourth-order valence-electron chi connectivity index (χ4n) is 2.20. The summed E-state index contributed by atoms with van der Waals surface area (Å²) in [6, 6.07) is 16.7. The molecule has 0 radical (unpaired) electrons. The van der Waals surface area contributed by atoms with Gasteiger partial charge in [-0.1, -0.05) is 42.5 Å². The monoisotopic (exact) mass is 314 g/mol. The van der Waals surface area contributed by atoms with Crippen molar-refractivity contribution in [3.05, 3.63) is 83.3 Å². The van der Waals surface area contributed by atoms with Crippen LogP contribution in [0.4, 0.5) is 4.39 Å². The van der Waals surface area contributed by atoms with Gasteiger partial charge in [0, 0.05) is 6.92 Å². The van der Waals surface area contributed by atoms with Crippen molar-refractivity contribution in [3.8, 4) is 0 Å². The summed E-state index contributed by atoms with van der Waals surface area (Å²) in [4.78, 5) is 0. The van der Waals surface area contributed by atoms with Crippen molar-refractivity contribution in [2.24, 2.45) is 0 Å². The van der Waals surface area contributed by atoms with Crippen molar-refractivity contribution in [1.29, 1.82) is 0 Å². The number of nitrogens with zero attached hydrogens (tertiary/aromatic N) is 2. The van der Waals surface area contributed by atoms with Gasteiger partial charge in [-0.05, 0) is 23.3 Å². The molecule has 0 amide bonds. The Kier molecular flexibility index (Phi) is 4.53. The number of aryl methyl sites for hydroxylation is 1. The molecular weight excluding hydrogens is 299 g/mol. The Balaban J connectivity index is 1.84. The van der Waals surface area contributed by atoms with E-state index in [1.54, 1.807) is 18.7 Å². The number of hydrogen-bond donors (Lipinski definition) is 0. The Hall–Kier alpha value is -2.14. The fourth-order valence-corrected chi connectivity index (χ4v) is 3.33. The van der Waals surface area contributed by atoms with Crippen LogP contribution in [0.3, 0.4) is 0 Å². The van der Waals surface area contributed by atoms with Crippen LogP contribution >= 0.6 is 11.8 Å². The van der Waals surface area contributed by atoms with Crippen LogP contribution in [0.25, 0.3) is 0 Å². The van der Waals surface area contributed by atoms with Gasteiger partial charge in [-0.2, -0.15) is 0 Å². The van der Waals surface area contributed by atoms with Crippen LogP contribution in [0.5, 0.6) is 0 Å². The summed E-state index contributed by atoms with van der Waals surface area (Å²) < 4.78 is 18.6. The van der Waals surface area contributed by atoms with Gasteiger partial charge in [0.2, 0.25) is 11.8 Å². The van der Waals surface area contributed by atoms with Gasteiger partial charge in [0.1, 0.15) is 5.82 Å². The summed E-state index contributed by atoms with van der Waals surface area (Å²) in [6.45, 7) is 1.77. The van der Waals surface area contributed by atoms with E-state index in [1.165, 1.54) is 12.1 Å². The first kappa shape index (κ1) is 14.8. The van der Waals surface area contributed by atoms with Crippen LogP contribution in [0.2, 0.25) is 0 Å². The molecule has 0 fully saturated rings. The van der Waals surface area contributed by atoms with Gasteiger partial charge in [0.05, 0.1) is 11.0 Å². The molecule has 0 unspecified atom stereocenters. The molecule has 0 aliphatic carbocycles. The van der Waals surface area contributed by atoms with Crippen LogP contribution < -0.4 is 0 Å². The summed E-state index contributed by atoms with van der Waals surface area (Å²) in [5.41, 5.74) is 2.21. The van der Waals surface area contributed by atoms with E-state index in [4.69, 9.17) is 4.42 Å². The van der Waals surface area contributed by atoms with Crippen molar-refractivity contribution in [2.75, 3.05) is 0 Å². The normalized spacial score (nSPS) is 12.3. The van der Waals surface area contributed by atoms with Crippen molar-refractivity contribution in [1.82, 2.24) is 10.2 Å². The maximum atomic E-state index is 13.2. The zero-order chi connectivity index (χ0) is 15.4. The second-order valence-corrected chi connectivity index (χ2v) is 5.96. The largest absolute Gasteiger partial charge is 0.425 e. The molecule has 1 aromatic heterocycles. The average Bonchev–Trinajstić information content (AvgIpc) is 2.96. The number of halogens is 1. The lowest BCUT2D eigenvalue weighted by atomic mass is 10.0. The predicted molar refractivity (Wildman–Crippen MR) is 85.0 cm³/mol. The van der Waals surface area contributed by atoms with Gasteiger partial charge in [-0.3, -0.25) is 0 Å². The molecule has 0 saturated carbocycles. The molecular formula is C17H15FN2OS. The van der Waals surface area contributed by atoms with Crippen LogP contribution in [0.1, 0.15) is 28.2 Å². The minimum atomic E-state index is -0.229. The zero-order valence-electron chi connectivity index (χ0n) is 12.1. The van der Waals surface area contributed by atoms with E-state index in [2.05, 4.69) is 22.3 Å². The molecule has 3 nitrogen and oxygen atoms in total. The van der Waals surface area contributed by atoms with E-state index in [9.17, 15) is 4.39 Å². The first-order valence-corrected chi connectivity index (χ1v) is 7.98. The quantitative estimate of drug-likeness (QED) is 0.693. The van der Waals surface area contributed by atoms with E-state index in [0.717, 1.165) is 11.1 Å². The van der Waals surface area contributed by atoms with Gasteiger partial charge >= 0.3 is 0 Å². The lowest BCUT2D eigenvalue weighted by molar-refractivity contribution is 0.485. The van der Waals surface area contributed by atoms with Crippen molar-refractivity contribution in [2.45, 2.75) is 17.9 Å². The summed E-state index contributed by atoms with van der Waals surface area (Å²) >= 11 is 1.68. The predicted octanol–water partition coefficient (Wildman–Crippen LogP) is 4.54. The van der Waals surface area contributed by atoms with Gasteiger partial charge in [0.25, 0.3) is 0 Å². The van der Waals surface area contributed by atoms with E-state index in [1.807, 2.05) is 30.3 Å². The number of hydrogen-bond acceptors (Lipinski definition) is 4. The molecule has 0 aliphatic heterocycles. The zero-order valence-corrected chi connectivity index (χ0v) is 12.9. The van der Waals surface area contributed by atoms with Gasteiger partial charge < -0.3 is 4.42 Å². The Morgan fingerprint density at radius 1 is 1.00 bits per heavy atom. The fraction of sp³-hybridized carbons (Fsp3) is 0.176. The molecule has 22 heavy (non-hydrogen) atoms. The molecule has 5 heteroatoms. The van der Waals surface area contributed by atoms with Crippen LogP contribution in [-0.2, 0) is 5.75 Å². The molecule has 0 N–H and O–H groups in total. The Labute approximate surface area is 132 Å². The standard InChI is InChI=1S/C17H15FN2OS/c1-12-19-20-16(21-12)11-22-17(13-5-3-2-4-6-13)14-7-9-15(18)10-8-14/h2-10,17H,11H2,1H3/t17-/m0/s1. The summed E-state index contributed by atoms with van der Waals surface area (Å²) in [5, 5.41) is 7.96. The van der Waals surface area contributed by atoms with Crippen molar-refractivity contribution in [3.63, 3.8) is 0 Å². The van der Waals surface area contributed by atoms with Crippen LogP contribution in [0, 0.1) is 12.7 Å². The topological polar surface area (TPSA) is 38.9 Å². The summed E-state index contributed by atoms with van der Waals surface area (Å²) in [7, 11) is 0. The molecule has 1 heterocycles. The second kappa shape index (κ2) is 6.75. The van der Waals surface area contributed by atoms with E-state index in [-0.39, 0.29) is 11.1 Å². The van der Waals surface area contributed by atoms with Crippen LogP contribution in [0.15, 0.2) is 59.0 Å². The maximum absolute atomic E-state index is 13.2. The molecule has 1 atom stereocenters. The number of aromatic nitrogens is 2. The minimum absolute atomic E-state index is 0.0917. The summed E-state index contributed by atoms with van der Waals surface area (Å²) in [6.07, 6.45) is 0. The molecule has 0 bridgehead atoms. The molecule has 112 valence electrons. The lowest BCUT2D eigenvalue weighted by Gasteiger charge is -2.17. The molecule has 3 aromatic rings. The highest BCUT2D eigenvalue weighted by atomic mass is 32.2. The number of thioether (sulfide) groups is 1. The Bertz CT molecular complexity index is 728. The maximum Gasteiger partial charge on any atom is 0.226 e. The minimum Gasteiger partial charge on any atom is -0.425 e. The lowest BCUT2D eigenvalue weighted by Crippen LogP contribution is -1.98. The van der Waals surface area contributed by atoms with Gasteiger partial charge in [-0.15, -0.1) is 22.0 Å². The molecule has 0 spiro atoms. The SMILES string of the molecule is Cc1nnc(CS[C@@H](c2ccccc2)c2ccc(F)cc2)o1. The second-order valence-electron chi connectivity index (χ2n) is 4.87. The average molecular weight is 314 g/mol. The molecule has 0 aliphatic rings. The summed E-state index contributed by atoms with van der Waals surface area (Å²) in [5.74, 6) is 1.55. The number of benzene rings is 2. The highest BCUT2D eigenvalue weighted by Gasteiger charge is 2.16. The van der Waals surface area contributed by atoms with E-state index < -0.39 is 0 Å². The Morgan fingerprint density at radius 2 is 1.68 bits per heavy atom. The smallest absolute Gasteiger partial charge is 0.226 e. The van der Waals surface area contributed by atoms with Gasteiger partial charge in [0.15, 0.2) is 0 Å². The third-order valence-electron chi connectivity index (χ3n) is 3.22. The van der Waals surface area contributed by atoms with E-state index >= 15 is 0 Å². The number of rotatable bonds is 5. The Morgan fingerprint density at radius 3 is 2.32 bits per heavy atom. The third-order valence-corrected chi connectivity index (χ3v) is 4.51. The van der Waals surface area contributed by atoms with Gasteiger partial charge in [-0.25, -0.2) is 4.39 Å². The first-order chi connectivity index (χ1) is 10.7. The highest BCUT2D eigenvalue weighted by molar-refractivity contribution is 7.98. The van der Waals surface area contributed by atoms with Crippen molar-refractivity contribution < 1.29 is 8.81 Å². The van der Waals surface area contributed by atoms with Crippen molar-refractivity contribution >= 4 is 11.8 Å². The van der Waals surface area contributed by atoms with E-state index in [0.29, 0.717) is 17.5 Å². The third kappa shape index (κ3) is 3.54. The van der Waals surface area contributed by atoms with Crippen LogP contribution in [-0.4, -0.2) is 10.2 Å².